The van der Waals surface area contributed by atoms with E-state index >= 15 is 0 Å². The molecule has 2 aromatic rings. The Morgan fingerprint density at radius 3 is 2.52 bits per heavy atom. The number of carbonyl (C=O) groups excluding carboxylic acids is 1. The van der Waals surface area contributed by atoms with Crippen LogP contribution in [0.3, 0.4) is 0 Å². The van der Waals surface area contributed by atoms with E-state index in [9.17, 15) is 14.9 Å². The van der Waals surface area contributed by atoms with Gasteiger partial charge in [0.05, 0.1) is 36.8 Å². The number of methoxy groups -OCH3 is 1. The van der Waals surface area contributed by atoms with Crippen molar-refractivity contribution < 1.29 is 19.2 Å². The van der Waals surface area contributed by atoms with Gasteiger partial charge in [0.25, 0.3) is 5.69 Å². The number of nitrogens with one attached hydrogen (secondary N) is 1. The van der Waals surface area contributed by atoms with E-state index in [1.165, 1.54) is 30.9 Å². The molecular formula is C18H20N2O5. The van der Waals surface area contributed by atoms with Gasteiger partial charge in [0.1, 0.15) is 11.5 Å². The predicted molar refractivity (Wildman–Crippen MR) is 94.2 cm³/mol. The molecule has 132 valence electrons. The van der Waals surface area contributed by atoms with Crippen molar-refractivity contribution in [2.75, 3.05) is 19.0 Å². The Balaban J connectivity index is 1.88. The molecule has 25 heavy (non-hydrogen) atoms. The van der Waals surface area contributed by atoms with Crippen LogP contribution in [-0.4, -0.2) is 24.5 Å². The second kappa shape index (κ2) is 8.68. The zero-order valence-electron chi connectivity index (χ0n) is 14.2. The molecule has 7 heteroatoms. The van der Waals surface area contributed by atoms with E-state index in [1.54, 1.807) is 0 Å². The van der Waals surface area contributed by atoms with Gasteiger partial charge in [0, 0.05) is 6.07 Å². The van der Waals surface area contributed by atoms with Crippen molar-refractivity contribution in [3.8, 4) is 11.5 Å². The molecule has 0 aromatic heterocycles. The number of anilines is 1. The zero-order chi connectivity index (χ0) is 18.2. The van der Waals surface area contributed by atoms with Crippen LogP contribution in [0.4, 0.5) is 11.4 Å². The van der Waals surface area contributed by atoms with E-state index in [0.717, 1.165) is 6.42 Å². The average molecular weight is 344 g/mol. The first-order valence-corrected chi connectivity index (χ1v) is 7.87. The van der Waals surface area contributed by atoms with Crippen molar-refractivity contribution in [3.63, 3.8) is 0 Å². The Labute approximate surface area is 145 Å². The molecule has 0 bridgehead atoms. The van der Waals surface area contributed by atoms with Gasteiger partial charge in [-0.25, -0.2) is 0 Å². The third-order valence-electron chi connectivity index (χ3n) is 3.60. The Morgan fingerprint density at radius 1 is 1.20 bits per heavy atom. The smallest absolute Gasteiger partial charge is 0.273 e. The van der Waals surface area contributed by atoms with Crippen molar-refractivity contribution in [2.24, 2.45) is 0 Å². The topological polar surface area (TPSA) is 90.7 Å². The molecule has 0 saturated heterocycles. The first kappa shape index (κ1) is 18.3. The van der Waals surface area contributed by atoms with E-state index in [-0.39, 0.29) is 30.4 Å². The molecule has 0 aliphatic rings. The highest BCUT2D eigenvalue weighted by Gasteiger charge is 2.13. The number of nitro benzene ring substituents is 1. The fraction of sp³-hybridized carbons (Fsp3) is 0.278. The van der Waals surface area contributed by atoms with Crippen LogP contribution in [-0.2, 0) is 11.2 Å². The Kier molecular flexibility index (Phi) is 6.33. The third kappa shape index (κ3) is 5.20. The van der Waals surface area contributed by atoms with E-state index in [4.69, 9.17) is 9.47 Å². The summed E-state index contributed by atoms with van der Waals surface area (Å²) < 4.78 is 10.6. The summed E-state index contributed by atoms with van der Waals surface area (Å²) in [7, 11) is 1.39. The van der Waals surface area contributed by atoms with Crippen molar-refractivity contribution in [1.82, 2.24) is 0 Å². The third-order valence-corrected chi connectivity index (χ3v) is 3.60. The van der Waals surface area contributed by atoms with Crippen LogP contribution in [0, 0.1) is 10.1 Å². The molecule has 0 heterocycles. The van der Waals surface area contributed by atoms with Crippen LogP contribution in [0.2, 0.25) is 0 Å². The van der Waals surface area contributed by atoms with Gasteiger partial charge in [-0.05, 0) is 30.2 Å². The molecule has 7 nitrogen and oxygen atoms in total. The highest BCUT2D eigenvalue weighted by Crippen LogP contribution is 2.29. The number of carbonyl (C=O) groups is 1. The number of amides is 1. The van der Waals surface area contributed by atoms with E-state index < -0.39 is 4.92 Å². The van der Waals surface area contributed by atoms with E-state index in [1.807, 2.05) is 24.3 Å². The van der Waals surface area contributed by atoms with Crippen molar-refractivity contribution >= 4 is 17.3 Å². The monoisotopic (exact) mass is 344 g/mol. The largest absolute Gasteiger partial charge is 0.494 e. The number of hydrogen-bond donors (Lipinski definition) is 1. The zero-order valence-corrected chi connectivity index (χ0v) is 14.2. The Morgan fingerprint density at radius 2 is 1.92 bits per heavy atom. The fourth-order valence-electron chi connectivity index (χ4n) is 2.19. The maximum absolute atomic E-state index is 12.0. The van der Waals surface area contributed by atoms with Crippen LogP contribution in [0.15, 0.2) is 42.5 Å². The number of benzene rings is 2. The number of ether oxygens (including phenoxy) is 2. The van der Waals surface area contributed by atoms with E-state index in [2.05, 4.69) is 12.2 Å². The molecule has 0 saturated carbocycles. The number of hydrogen-bond acceptors (Lipinski definition) is 5. The number of non-ortho nitro benzene ring substituents is 1. The second-order valence-electron chi connectivity index (χ2n) is 5.29. The highest BCUT2D eigenvalue weighted by molar-refractivity contribution is 5.92. The normalized spacial score (nSPS) is 10.2. The summed E-state index contributed by atoms with van der Waals surface area (Å²) in [6.45, 7) is 2.30. The maximum atomic E-state index is 12.0. The van der Waals surface area contributed by atoms with Crippen LogP contribution < -0.4 is 14.8 Å². The molecule has 0 fully saturated rings. The SMILES string of the molecule is CCc1ccc(OCCC(=O)Nc2ccc([N+](=O)[O-])cc2OC)cc1. The van der Waals surface area contributed by atoms with Gasteiger partial charge in [0.15, 0.2) is 0 Å². The van der Waals surface area contributed by atoms with Gasteiger partial charge in [-0.3, -0.25) is 14.9 Å². The summed E-state index contributed by atoms with van der Waals surface area (Å²) in [4.78, 5) is 22.3. The lowest BCUT2D eigenvalue weighted by molar-refractivity contribution is -0.384. The fourth-order valence-corrected chi connectivity index (χ4v) is 2.19. The van der Waals surface area contributed by atoms with Gasteiger partial charge in [-0.15, -0.1) is 0 Å². The minimum Gasteiger partial charge on any atom is -0.494 e. The van der Waals surface area contributed by atoms with Crippen molar-refractivity contribution in [3.05, 3.63) is 58.1 Å². The summed E-state index contributed by atoms with van der Waals surface area (Å²) in [5.74, 6) is 0.675. The summed E-state index contributed by atoms with van der Waals surface area (Å²) in [5.41, 5.74) is 1.49. The van der Waals surface area contributed by atoms with E-state index in [0.29, 0.717) is 11.4 Å². The molecule has 1 N–H and O–H groups in total. The minimum atomic E-state index is -0.522. The molecule has 0 radical (unpaired) electrons. The Hall–Kier alpha value is -3.09. The number of rotatable bonds is 8. The molecule has 2 rings (SSSR count). The van der Waals surface area contributed by atoms with Crippen molar-refractivity contribution in [2.45, 2.75) is 19.8 Å². The summed E-state index contributed by atoms with van der Waals surface area (Å²) >= 11 is 0. The van der Waals surface area contributed by atoms with Gasteiger partial charge < -0.3 is 14.8 Å². The molecule has 0 unspecified atom stereocenters. The highest BCUT2D eigenvalue weighted by atomic mass is 16.6. The molecular weight excluding hydrogens is 324 g/mol. The summed E-state index contributed by atoms with van der Waals surface area (Å²) in [5, 5.41) is 13.4. The average Bonchev–Trinajstić information content (AvgIpc) is 2.62. The molecule has 0 aliphatic heterocycles. The lowest BCUT2D eigenvalue weighted by Crippen LogP contribution is -2.15. The molecule has 2 aromatic carbocycles. The van der Waals surface area contributed by atoms with Crippen LogP contribution in [0.25, 0.3) is 0 Å². The quantitative estimate of drug-likeness (QED) is 0.584. The van der Waals surface area contributed by atoms with Gasteiger partial charge in [-0.2, -0.15) is 0 Å². The minimum absolute atomic E-state index is 0.103. The first-order valence-electron chi connectivity index (χ1n) is 7.87. The molecule has 0 atom stereocenters. The van der Waals surface area contributed by atoms with Crippen LogP contribution in [0.1, 0.15) is 18.9 Å². The van der Waals surface area contributed by atoms with Crippen molar-refractivity contribution in [1.29, 1.82) is 0 Å². The Bertz CT molecular complexity index is 744. The van der Waals surface area contributed by atoms with Gasteiger partial charge in [0.2, 0.25) is 5.91 Å². The van der Waals surface area contributed by atoms with Crippen LogP contribution >= 0.6 is 0 Å². The summed E-state index contributed by atoms with van der Waals surface area (Å²) in [6, 6.07) is 11.7. The lowest BCUT2D eigenvalue weighted by Gasteiger charge is -2.10. The molecule has 1 amide bonds. The summed E-state index contributed by atoms with van der Waals surface area (Å²) in [6.07, 6.45) is 1.11. The van der Waals surface area contributed by atoms with Gasteiger partial charge >= 0.3 is 0 Å². The lowest BCUT2D eigenvalue weighted by atomic mass is 10.2. The second-order valence-corrected chi connectivity index (χ2v) is 5.29. The van der Waals surface area contributed by atoms with Gasteiger partial charge in [-0.1, -0.05) is 19.1 Å². The predicted octanol–water partition coefficient (Wildman–Crippen LogP) is 3.57. The standard InChI is InChI=1S/C18H20N2O5/c1-3-13-4-7-15(8-5-13)25-11-10-18(21)19-16-9-6-14(20(22)23)12-17(16)24-2/h4-9,12H,3,10-11H2,1-2H3,(H,19,21). The number of nitrogens with zero attached hydrogens (tertiary/aromatic N) is 1. The molecule has 0 aliphatic carbocycles. The van der Waals surface area contributed by atoms with Crippen LogP contribution in [0.5, 0.6) is 11.5 Å². The maximum Gasteiger partial charge on any atom is 0.273 e. The molecule has 0 spiro atoms. The first-order chi connectivity index (χ1) is 12.0. The number of aryl methyl sites for hydroxylation is 1. The number of nitro groups is 1.